The van der Waals surface area contributed by atoms with E-state index in [0.29, 0.717) is 11.6 Å². The maximum atomic E-state index is 5.51. The zero-order valence-electron chi connectivity index (χ0n) is 12.6. The van der Waals surface area contributed by atoms with Crippen molar-refractivity contribution >= 4 is 0 Å². The Bertz CT molecular complexity index is 293. The van der Waals surface area contributed by atoms with E-state index in [1.807, 2.05) is 0 Å². The van der Waals surface area contributed by atoms with Gasteiger partial charge in [0, 0.05) is 18.0 Å². The number of rotatable bonds is 7. The van der Waals surface area contributed by atoms with Gasteiger partial charge in [0.05, 0.1) is 0 Å². The molecule has 2 aliphatic rings. The van der Waals surface area contributed by atoms with Gasteiger partial charge in [-0.3, -0.25) is 4.90 Å². The van der Waals surface area contributed by atoms with Crippen molar-refractivity contribution in [1.82, 2.24) is 10.2 Å². The van der Waals surface area contributed by atoms with E-state index in [4.69, 9.17) is 6.42 Å². The molecule has 1 N–H and O–H groups in total. The predicted molar refractivity (Wildman–Crippen MR) is 82.2 cm³/mol. The summed E-state index contributed by atoms with van der Waals surface area (Å²) in [6.45, 7) is 5.99. The van der Waals surface area contributed by atoms with Crippen molar-refractivity contribution in [3.8, 4) is 12.3 Å². The molecule has 0 radical (unpaired) electrons. The molecule has 1 aliphatic heterocycles. The van der Waals surface area contributed by atoms with Crippen molar-refractivity contribution in [3.63, 3.8) is 0 Å². The van der Waals surface area contributed by atoms with Crippen LogP contribution in [-0.4, -0.2) is 36.1 Å². The molecule has 2 rings (SSSR count). The van der Waals surface area contributed by atoms with E-state index in [1.54, 1.807) is 0 Å². The molecule has 1 aliphatic carbocycles. The summed E-state index contributed by atoms with van der Waals surface area (Å²) >= 11 is 0. The van der Waals surface area contributed by atoms with Gasteiger partial charge in [0.25, 0.3) is 0 Å². The van der Waals surface area contributed by atoms with E-state index in [0.717, 1.165) is 19.4 Å². The molecule has 1 atom stereocenters. The van der Waals surface area contributed by atoms with Gasteiger partial charge in [-0.15, -0.1) is 12.3 Å². The van der Waals surface area contributed by atoms with Gasteiger partial charge in [0.1, 0.15) is 0 Å². The summed E-state index contributed by atoms with van der Waals surface area (Å²) in [4.78, 5) is 2.80. The van der Waals surface area contributed by atoms with Crippen molar-refractivity contribution in [2.75, 3.05) is 19.6 Å². The van der Waals surface area contributed by atoms with Crippen LogP contribution in [0.25, 0.3) is 0 Å². The van der Waals surface area contributed by atoms with Crippen molar-refractivity contribution < 1.29 is 0 Å². The molecular weight excluding hydrogens is 232 g/mol. The molecule has 0 aromatic heterocycles. The third-order valence-corrected chi connectivity index (χ3v) is 5.07. The van der Waals surface area contributed by atoms with Crippen LogP contribution in [0.1, 0.15) is 64.7 Å². The van der Waals surface area contributed by atoms with Gasteiger partial charge in [0.15, 0.2) is 0 Å². The van der Waals surface area contributed by atoms with Crippen molar-refractivity contribution in [2.24, 2.45) is 0 Å². The molecule has 2 nitrogen and oxygen atoms in total. The minimum Gasteiger partial charge on any atom is -0.312 e. The fourth-order valence-corrected chi connectivity index (χ4v) is 4.14. The van der Waals surface area contributed by atoms with Gasteiger partial charge in [-0.05, 0) is 58.2 Å². The molecule has 0 spiro atoms. The maximum absolute atomic E-state index is 5.51. The molecule has 19 heavy (non-hydrogen) atoms. The smallest absolute Gasteiger partial charge is 0.0362 e. The van der Waals surface area contributed by atoms with Gasteiger partial charge in [-0.2, -0.15) is 0 Å². The first-order valence-electron chi connectivity index (χ1n) is 8.25. The number of nitrogens with one attached hydrogen (secondary N) is 1. The van der Waals surface area contributed by atoms with Crippen LogP contribution >= 0.6 is 0 Å². The van der Waals surface area contributed by atoms with E-state index in [1.165, 1.54) is 58.0 Å². The van der Waals surface area contributed by atoms with Crippen LogP contribution in [0.15, 0.2) is 0 Å². The van der Waals surface area contributed by atoms with E-state index in [2.05, 4.69) is 23.1 Å². The number of likely N-dealkylation sites (tertiary alicyclic amines) is 1. The van der Waals surface area contributed by atoms with E-state index in [9.17, 15) is 0 Å². The Balaban J connectivity index is 2.10. The Kier molecular flexibility index (Phi) is 5.73. The molecule has 1 unspecified atom stereocenters. The van der Waals surface area contributed by atoms with Gasteiger partial charge >= 0.3 is 0 Å². The lowest BCUT2D eigenvalue weighted by molar-refractivity contribution is 0.0735. The highest BCUT2D eigenvalue weighted by Crippen LogP contribution is 2.41. The molecule has 1 saturated heterocycles. The molecule has 2 heteroatoms. The van der Waals surface area contributed by atoms with Crippen LogP contribution in [-0.2, 0) is 0 Å². The fraction of sp³-hybridized carbons (Fsp3) is 0.882. The summed E-state index contributed by atoms with van der Waals surface area (Å²) in [5.74, 6) is 2.85. The molecule has 108 valence electrons. The normalized spacial score (nSPS) is 24.4. The summed E-state index contributed by atoms with van der Waals surface area (Å²) < 4.78 is 0. The predicted octanol–water partition coefficient (Wildman–Crippen LogP) is 3.18. The van der Waals surface area contributed by atoms with Crippen molar-refractivity contribution in [3.05, 3.63) is 0 Å². The third kappa shape index (κ3) is 3.33. The summed E-state index contributed by atoms with van der Waals surface area (Å²) in [5, 5.41) is 3.83. The lowest BCUT2D eigenvalue weighted by Gasteiger charge is -2.45. The zero-order valence-corrected chi connectivity index (χ0v) is 12.6. The van der Waals surface area contributed by atoms with Crippen molar-refractivity contribution in [2.45, 2.75) is 76.3 Å². The highest BCUT2D eigenvalue weighted by molar-refractivity contribution is 5.05. The van der Waals surface area contributed by atoms with E-state index in [-0.39, 0.29) is 0 Å². The first-order chi connectivity index (χ1) is 9.33. The second kappa shape index (κ2) is 7.31. The van der Waals surface area contributed by atoms with Crippen LogP contribution in [0.4, 0.5) is 0 Å². The van der Waals surface area contributed by atoms with Crippen LogP contribution in [0.2, 0.25) is 0 Å². The molecule has 2 fully saturated rings. The zero-order chi connectivity index (χ0) is 13.6. The Morgan fingerprint density at radius 2 is 1.89 bits per heavy atom. The number of nitrogens with zero attached hydrogens (tertiary/aromatic N) is 1. The van der Waals surface area contributed by atoms with Crippen LogP contribution in [0.3, 0.4) is 0 Å². The molecule has 1 saturated carbocycles. The van der Waals surface area contributed by atoms with E-state index < -0.39 is 0 Å². The van der Waals surface area contributed by atoms with Gasteiger partial charge < -0.3 is 5.32 Å². The fourth-order valence-electron chi connectivity index (χ4n) is 4.14. The standard InChI is InChI=1S/C17H30N2/c1-3-5-10-16(18-13-4-2)17(11-6-7-12-17)19-14-8-9-15-19/h1,16,18H,4-15H2,2H3. The summed E-state index contributed by atoms with van der Waals surface area (Å²) in [6, 6.07) is 0.601. The van der Waals surface area contributed by atoms with Gasteiger partial charge in [-0.25, -0.2) is 0 Å². The Morgan fingerprint density at radius 1 is 1.21 bits per heavy atom. The van der Waals surface area contributed by atoms with Crippen LogP contribution in [0.5, 0.6) is 0 Å². The molecule has 0 amide bonds. The number of hydrogen-bond donors (Lipinski definition) is 1. The molecule has 0 aromatic carbocycles. The van der Waals surface area contributed by atoms with E-state index >= 15 is 0 Å². The summed E-state index contributed by atoms with van der Waals surface area (Å²) in [5.41, 5.74) is 0.419. The van der Waals surface area contributed by atoms with Crippen LogP contribution in [0, 0.1) is 12.3 Å². The third-order valence-electron chi connectivity index (χ3n) is 5.07. The summed E-state index contributed by atoms with van der Waals surface area (Å²) in [7, 11) is 0. The van der Waals surface area contributed by atoms with Crippen LogP contribution < -0.4 is 5.32 Å². The molecule has 1 heterocycles. The highest BCUT2D eigenvalue weighted by atomic mass is 15.2. The lowest BCUT2D eigenvalue weighted by Crippen LogP contribution is -2.59. The lowest BCUT2D eigenvalue weighted by atomic mass is 9.83. The summed E-state index contributed by atoms with van der Waals surface area (Å²) in [6.07, 6.45) is 17.1. The first-order valence-corrected chi connectivity index (χ1v) is 8.25. The quantitative estimate of drug-likeness (QED) is 0.709. The SMILES string of the molecule is C#CCCC(NCCC)C1(N2CCCC2)CCCC1. The molecular formula is C17H30N2. The second-order valence-electron chi connectivity index (χ2n) is 6.25. The maximum Gasteiger partial charge on any atom is 0.0362 e. The largest absolute Gasteiger partial charge is 0.312 e. The minimum atomic E-state index is 0.419. The number of hydrogen-bond acceptors (Lipinski definition) is 2. The average Bonchev–Trinajstić information content (AvgIpc) is 3.10. The molecule has 0 bridgehead atoms. The topological polar surface area (TPSA) is 15.3 Å². The minimum absolute atomic E-state index is 0.419. The second-order valence-corrected chi connectivity index (χ2v) is 6.25. The van der Waals surface area contributed by atoms with Gasteiger partial charge in [-0.1, -0.05) is 19.8 Å². The monoisotopic (exact) mass is 262 g/mol. The van der Waals surface area contributed by atoms with Gasteiger partial charge in [0.2, 0.25) is 0 Å². The Labute approximate surface area is 119 Å². The Hall–Kier alpha value is -0.520. The number of terminal acetylenes is 1. The average molecular weight is 262 g/mol. The van der Waals surface area contributed by atoms with Crippen molar-refractivity contribution in [1.29, 1.82) is 0 Å². The first kappa shape index (κ1) is 14.9. The Morgan fingerprint density at radius 3 is 2.47 bits per heavy atom. The molecule has 0 aromatic rings. The highest BCUT2D eigenvalue weighted by Gasteiger charge is 2.45.